The SMILES string of the molecule is CCC1CCC(CN)(C(O)(CC)c2cccc(F)c2)C1. The van der Waals surface area contributed by atoms with Crippen molar-refractivity contribution in [3.63, 3.8) is 0 Å². The van der Waals surface area contributed by atoms with Gasteiger partial charge in [0.25, 0.3) is 0 Å². The van der Waals surface area contributed by atoms with Crippen molar-refractivity contribution in [2.24, 2.45) is 17.1 Å². The minimum absolute atomic E-state index is 0.299. The number of halogens is 1. The molecule has 1 fully saturated rings. The zero-order valence-electron chi connectivity index (χ0n) is 12.5. The number of aliphatic hydroxyl groups is 1. The van der Waals surface area contributed by atoms with Crippen LogP contribution < -0.4 is 5.73 Å². The molecule has 0 bridgehead atoms. The standard InChI is InChI=1S/C17H26FNO/c1-3-13-8-9-16(11-13,12-19)17(20,4-2)14-6-5-7-15(18)10-14/h5-7,10,13,20H,3-4,8-9,11-12,19H2,1-2H3. The highest BCUT2D eigenvalue weighted by atomic mass is 19.1. The summed E-state index contributed by atoms with van der Waals surface area (Å²) < 4.78 is 13.5. The Kier molecular flexibility index (Phi) is 4.50. The monoisotopic (exact) mass is 279 g/mol. The zero-order valence-corrected chi connectivity index (χ0v) is 12.5. The summed E-state index contributed by atoms with van der Waals surface area (Å²) in [6.45, 7) is 4.59. The van der Waals surface area contributed by atoms with E-state index in [0.717, 1.165) is 25.7 Å². The molecule has 3 atom stereocenters. The van der Waals surface area contributed by atoms with E-state index in [9.17, 15) is 9.50 Å². The molecule has 3 unspecified atom stereocenters. The van der Waals surface area contributed by atoms with Crippen LogP contribution in [0.5, 0.6) is 0 Å². The Hall–Kier alpha value is -0.930. The molecule has 0 amide bonds. The van der Waals surface area contributed by atoms with Gasteiger partial charge in [-0.2, -0.15) is 0 Å². The van der Waals surface area contributed by atoms with Gasteiger partial charge in [-0.3, -0.25) is 0 Å². The van der Waals surface area contributed by atoms with Gasteiger partial charge in [-0.15, -0.1) is 0 Å². The first-order chi connectivity index (χ1) is 9.51. The second kappa shape index (κ2) is 5.82. The average Bonchev–Trinajstić information content (AvgIpc) is 2.91. The lowest BCUT2D eigenvalue weighted by atomic mass is 9.65. The van der Waals surface area contributed by atoms with E-state index < -0.39 is 5.60 Å². The van der Waals surface area contributed by atoms with E-state index in [1.165, 1.54) is 12.1 Å². The topological polar surface area (TPSA) is 46.2 Å². The summed E-state index contributed by atoms with van der Waals surface area (Å²) in [6.07, 6.45) is 4.63. The van der Waals surface area contributed by atoms with Crippen LogP contribution in [0.1, 0.15) is 51.5 Å². The van der Waals surface area contributed by atoms with Gasteiger partial charge in [0, 0.05) is 12.0 Å². The Morgan fingerprint density at radius 2 is 2.20 bits per heavy atom. The third-order valence-corrected chi connectivity index (χ3v) is 5.37. The predicted octanol–water partition coefficient (Wildman–Crippen LogP) is 3.58. The first-order valence-corrected chi connectivity index (χ1v) is 7.70. The first kappa shape index (κ1) is 15.5. The van der Waals surface area contributed by atoms with Crippen molar-refractivity contribution in [1.29, 1.82) is 0 Å². The van der Waals surface area contributed by atoms with Crippen LogP contribution in [0.2, 0.25) is 0 Å². The molecule has 0 heterocycles. The maximum absolute atomic E-state index is 13.5. The third-order valence-electron chi connectivity index (χ3n) is 5.37. The van der Waals surface area contributed by atoms with Crippen LogP contribution in [-0.2, 0) is 5.60 Å². The van der Waals surface area contributed by atoms with Crippen LogP contribution >= 0.6 is 0 Å². The van der Waals surface area contributed by atoms with Gasteiger partial charge >= 0.3 is 0 Å². The van der Waals surface area contributed by atoms with Crippen molar-refractivity contribution in [3.05, 3.63) is 35.6 Å². The van der Waals surface area contributed by atoms with Crippen LogP contribution in [0, 0.1) is 17.2 Å². The van der Waals surface area contributed by atoms with Gasteiger partial charge in [-0.05, 0) is 49.3 Å². The molecule has 3 N–H and O–H groups in total. The molecular formula is C17H26FNO. The lowest BCUT2D eigenvalue weighted by molar-refractivity contribution is -0.0904. The molecule has 1 aromatic carbocycles. The largest absolute Gasteiger partial charge is 0.385 e. The Morgan fingerprint density at radius 3 is 2.70 bits per heavy atom. The van der Waals surface area contributed by atoms with Gasteiger partial charge in [-0.1, -0.05) is 32.4 Å². The van der Waals surface area contributed by atoms with Crippen LogP contribution in [-0.4, -0.2) is 11.7 Å². The number of hydrogen-bond acceptors (Lipinski definition) is 2. The Balaban J connectivity index is 2.43. The van der Waals surface area contributed by atoms with E-state index in [1.54, 1.807) is 6.07 Å². The molecule has 1 saturated carbocycles. The van der Waals surface area contributed by atoms with E-state index in [2.05, 4.69) is 6.92 Å². The highest BCUT2D eigenvalue weighted by Crippen LogP contribution is 2.54. The third kappa shape index (κ3) is 2.38. The minimum atomic E-state index is -1.03. The molecule has 1 aromatic rings. The van der Waals surface area contributed by atoms with Crippen molar-refractivity contribution >= 4 is 0 Å². The fourth-order valence-corrected chi connectivity index (χ4v) is 3.95. The maximum Gasteiger partial charge on any atom is 0.123 e. The van der Waals surface area contributed by atoms with Gasteiger partial charge in [0.15, 0.2) is 0 Å². The fourth-order valence-electron chi connectivity index (χ4n) is 3.95. The van der Waals surface area contributed by atoms with Crippen molar-refractivity contribution in [2.75, 3.05) is 6.54 Å². The van der Waals surface area contributed by atoms with E-state index in [0.29, 0.717) is 24.4 Å². The van der Waals surface area contributed by atoms with E-state index in [4.69, 9.17) is 5.73 Å². The zero-order chi connectivity index (χ0) is 14.8. The molecular weight excluding hydrogens is 253 g/mol. The summed E-state index contributed by atoms with van der Waals surface area (Å²) >= 11 is 0. The van der Waals surface area contributed by atoms with E-state index in [1.807, 2.05) is 13.0 Å². The van der Waals surface area contributed by atoms with Crippen molar-refractivity contribution in [2.45, 2.75) is 51.6 Å². The van der Waals surface area contributed by atoms with Crippen LogP contribution in [0.15, 0.2) is 24.3 Å². The maximum atomic E-state index is 13.5. The summed E-state index contributed by atoms with van der Waals surface area (Å²) in [7, 11) is 0. The van der Waals surface area contributed by atoms with Gasteiger partial charge in [0.2, 0.25) is 0 Å². The molecule has 2 rings (SSSR count). The summed E-state index contributed by atoms with van der Waals surface area (Å²) in [5.74, 6) is 0.316. The van der Waals surface area contributed by atoms with Gasteiger partial charge in [-0.25, -0.2) is 4.39 Å². The lowest BCUT2D eigenvalue weighted by Gasteiger charge is -2.45. The van der Waals surface area contributed by atoms with E-state index in [-0.39, 0.29) is 11.2 Å². The average molecular weight is 279 g/mol. The van der Waals surface area contributed by atoms with Crippen LogP contribution in [0.3, 0.4) is 0 Å². The predicted molar refractivity (Wildman–Crippen MR) is 79.7 cm³/mol. The quantitative estimate of drug-likeness (QED) is 0.865. The molecule has 0 spiro atoms. The molecule has 0 saturated heterocycles. The highest BCUT2D eigenvalue weighted by molar-refractivity contribution is 5.27. The van der Waals surface area contributed by atoms with Crippen LogP contribution in [0.25, 0.3) is 0 Å². The van der Waals surface area contributed by atoms with Crippen LogP contribution in [0.4, 0.5) is 4.39 Å². The van der Waals surface area contributed by atoms with Gasteiger partial charge in [0.05, 0.1) is 5.60 Å². The molecule has 2 nitrogen and oxygen atoms in total. The lowest BCUT2D eigenvalue weighted by Crippen LogP contribution is -2.48. The Bertz CT molecular complexity index is 464. The van der Waals surface area contributed by atoms with Gasteiger partial charge in [0.1, 0.15) is 5.82 Å². The molecule has 0 aromatic heterocycles. The molecule has 112 valence electrons. The molecule has 1 aliphatic rings. The summed E-state index contributed by atoms with van der Waals surface area (Å²) in [4.78, 5) is 0. The smallest absolute Gasteiger partial charge is 0.123 e. The summed E-state index contributed by atoms with van der Waals surface area (Å²) in [5, 5.41) is 11.3. The number of hydrogen-bond donors (Lipinski definition) is 2. The van der Waals surface area contributed by atoms with Gasteiger partial charge < -0.3 is 10.8 Å². The second-order valence-corrected chi connectivity index (χ2v) is 6.23. The highest BCUT2D eigenvalue weighted by Gasteiger charge is 2.52. The number of nitrogens with two attached hydrogens (primary N) is 1. The number of rotatable bonds is 5. The van der Waals surface area contributed by atoms with Crippen molar-refractivity contribution in [1.82, 2.24) is 0 Å². The van der Waals surface area contributed by atoms with Crippen molar-refractivity contribution in [3.8, 4) is 0 Å². The molecule has 0 radical (unpaired) electrons. The molecule has 3 heteroatoms. The fraction of sp³-hybridized carbons (Fsp3) is 0.647. The minimum Gasteiger partial charge on any atom is -0.385 e. The second-order valence-electron chi connectivity index (χ2n) is 6.23. The molecule has 1 aliphatic carbocycles. The van der Waals surface area contributed by atoms with E-state index >= 15 is 0 Å². The summed E-state index contributed by atoms with van der Waals surface area (Å²) in [5.41, 5.74) is 5.38. The summed E-state index contributed by atoms with van der Waals surface area (Å²) in [6, 6.07) is 6.36. The Labute approximate surface area is 121 Å². The number of benzene rings is 1. The normalized spacial score (nSPS) is 29.4. The van der Waals surface area contributed by atoms with Crippen molar-refractivity contribution < 1.29 is 9.50 Å². The Morgan fingerprint density at radius 1 is 1.45 bits per heavy atom. The first-order valence-electron chi connectivity index (χ1n) is 7.70. The molecule has 0 aliphatic heterocycles. The molecule has 20 heavy (non-hydrogen) atoms.